The minimum absolute atomic E-state index is 0.140. The van der Waals surface area contributed by atoms with Crippen molar-refractivity contribution >= 4 is 29.0 Å². The highest BCUT2D eigenvalue weighted by Crippen LogP contribution is 2.39. The van der Waals surface area contributed by atoms with E-state index in [0.717, 1.165) is 11.1 Å². The zero-order valence-electron chi connectivity index (χ0n) is 10.5. The van der Waals surface area contributed by atoms with Crippen LogP contribution in [0.2, 0.25) is 0 Å². The first-order valence-electron chi connectivity index (χ1n) is 6.00. The van der Waals surface area contributed by atoms with Crippen LogP contribution in [0.15, 0.2) is 47.6 Å². The number of ketones is 1. The molecule has 0 aliphatic heterocycles. The van der Waals surface area contributed by atoms with Crippen molar-refractivity contribution in [2.24, 2.45) is 0 Å². The lowest BCUT2D eigenvalue weighted by atomic mass is 9.82. The van der Waals surface area contributed by atoms with Crippen molar-refractivity contribution in [3.05, 3.63) is 47.6 Å². The lowest BCUT2D eigenvalue weighted by Gasteiger charge is -2.32. The van der Waals surface area contributed by atoms with E-state index in [1.54, 1.807) is 12.2 Å². The summed E-state index contributed by atoms with van der Waals surface area (Å²) in [5, 5.41) is 0. The highest BCUT2D eigenvalue weighted by Gasteiger charge is 2.46. The van der Waals surface area contributed by atoms with Crippen LogP contribution in [0, 0.1) is 0 Å². The molecule has 2 atom stereocenters. The molecule has 0 aromatic heterocycles. The first-order chi connectivity index (χ1) is 8.36. The van der Waals surface area contributed by atoms with Gasteiger partial charge >= 0.3 is 0 Å². The van der Waals surface area contributed by atoms with Crippen LogP contribution in [0.1, 0.15) is 26.7 Å². The maximum Gasteiger partial charge on any atom is 0.182 e. The number of Topliss-reactive ketones (excluding diaryl/α,β-unsaturated/α-hetero) is 1. The normalized spacial score (nSPS) is 35.1. The second kappa shape index (κ2) is 4.71. The monoisotopic (exact) mass is 282 g/mol. The van der Waals surface area contributed by atoms with Gasteiger partial charge in [0.05, 0.1) is 0 Å². The van der Waals surface area contributed by atoms with E-state index in [1.165, 1.54) is 0 Å². The summed E-state index contributed by atoms with van der Waals surface area (Å²) in [7, 11) is 0. The molecule has 0 saturated heterocycles. The van der Waals surface area contributed by atoms with E-state index in [-0.39, 0.29) is 5.78 Å². The van der Waals surface area contributed by atoms with Gasteiger partial charge in [0.2, 0.25) is 0 Å². The molecule has 1 nitrogen and oxygen atoms in total. The highest BCUT2D eigenvalue weighted by atomic mass is 35.5. The third kappa shape index (κ3) is 2.48. The lowest BCUT2D eigenvalue weighted by molar-refractivity contribution is -0.121. The molecule has 2 aliphatic carbocycles. The van der Waals surface area contributed by atoms with Crippen molar-refractivity contribution in [3.8, 4) is 0 Å². The second-order valence-electron chi connectivity index (χ2n) is 5.03. The molecule has 2 rings (SSSR count). The molecule has 18 heavy (non-hydrogen) atoms. The number of carbonyl (C=O) groups excluding carboxylic acids is 1. The van der Waals surface area contributed by atoms with Crippen molar-refractivity contribution in [2.75, 3.05) is 0 Å². The van der Waals surface area contributed by atoms with Crippen LogP contribution in [0.5, 0.6) is 0 Å². The van der Waals surface area contributed by atoms with Crippen LogP contribution < -0.4 is 0 Å². The van der Waals surface area contributed by atoms with Gasteiger partial charge in [0.15, 0.2) is 5.78 Å². The fourth-order valence-corrected chi connectivity index (χ4v) is 2.77. The quantitative estimate of drug-likeness (QED) is 0.690. The highest BCUT2D eigenvalue weighted by molar-refractivity contribution is 6.47. The standard InChI is InChI=1S/C15H16Cl2O/c1-11-3-7-14(16,8-4-11)13(18)15(17)9-5-12(2)6-10-15/h3-7,9H,8,10H2,1-2H3. The van der Waals surface area contributed by atoms with Crippen molar-refractivity contribution in [1.29, 1.82) is 0 Å². The van der Waals surface area contributed by atoms with E-state index in [1.807, 2.05) is 38.2 Å². The zero-order chi connectivity index (χ0) is 13.4. The molecule has 0 N–H and O–H groups in total. The molecule has 96 valence electrons. The molecule has 0 aromatic rings. The third-order valence-electron chi connectivity index (χ3n) is 3.42. The largest absolute Gasteiger partial charge is 0.295 e. The van der Waals surface area contributed by atoms with Gasteiger partial charge in [0, 0.05) is 0 Å². The van der Waals surface area contributed by atoms with Crippen LogP contribution in [-0.2, 0) is 4.79 Å². The van der Waals surface area contributed by atoms with Crippen molar-refractivity contribution in [2.45, 2.75) is 36.4 Å². The minimum atomic E-state index is -1.01. The number of alkyl halides is 2. The molecule has 0 saturated carbocycles. The van der Waals surface area contributed by atoms with Gasteiger partial charge in [-0.1, -0.05) is 47.6 Å². The first-order valence-corrected chi connectivity index (χ1v) is 6.76. The van der Waals surface area contributed by atoms with Gasteiger partial charge in [0.1, 0.15) is 9.75 Å². The van der Waals surface area contributed by atoms with Crippen LogP contribution in [-0.4, -0.2) is 15.5 Å². The van der Waals surface area contributed by atoms with Crippen LogP contribution in [0.4, 0.5) is 0 Å². The van der Waals surface area contributed by atoms with E-state index >= 15 is 0 Å². The van der Waals surface area contributed by atoms with E-state index < -0.39 is 9.75 Å². The second-order valence-corrected chi connectivity index (χ2v) is 6.37. The average Bonchev–Trinajstić information content (AvgIpc) is 2.36. The molecule has 2 unspecified atom stereocenters. The number of carbonyl (C=O) groups is 1. The maximum atomic E-state index is 12.6. The van der Waals surface area contributed by atoms with Crippen LogP contribution in [0.3, 0.4) is 0 Å². The topological polar surface area (TPSA) is 17.1 Å². The van der Waals surface area contributed by atoms with Gasteiger partial charge in [-0.3, -0.25) is 4.79 Å². The Labute approximate surface area is 118 Å². The summed E-state index contributed by atoms with van der Waals surface area (Å²) in [6, 6.07) is 0. The molecule has 0 radical (unpaired) electrons. The summed E-state index contributed by atoms with van der Waals surface area (Å²) < 4.78 is 0. The summed E-state index contributed by atoms with van der Waals surface area (Å²) in [4.78, 5) is 10.6. The van der Waals surface area contributed by atoms with Gasteiger partial charge < -0.3 is 0 Å². The summed E-state index contributed by atoms with van der Waals surface area (Å²) in [5.41, 5.74) is 2.25. The van der Waals surface area contributed by atoms with Crippen LogP contribution >= 0.6 is 23.2 Å². The van der Waals surface area contributed by atoms with E-state index in [4.69, 9.17) is 23.2 Å². The van der Waals surface area contributed by atoms with Crippen molar-refractivity contribution in [3.63, 3.8) is 0 Å². The number of hydrogen-bond acceptors (Lipinski definition) is 1. The van der Waals surface area contributed by atoms with Crippen molar-refractivity contribution < 1.29 is 4.79 Å². The molecule has 0 amide bonds. The summed E-state index contributed by atoms with van der Waals surface area (Å²) in [6.07, 6.45) is 12.2. The van der Waals surface area contributed by atoms with E-state index in [0.29, 0.717) is 12.8 Å². The third-order valence-corrected chi connectivity index (χ3v) is 4.32. The summed E-state index contributed by atoms with van der Waals surface area (Å²) in [6.45, 7) is 3.97. The zero-order valence-corrected chi connectivity index (χ0v) is 12.1. The van der Waals surface area contributed by atoms with Gasteiger partial charge in [-0.25, -0.2) is 0 Å². The Morgan fingerprint density at radius 1 is 1.00 bits per heavy atom. The van der Waals surface area contributed by atoms with Gasteiger partial charge in [-0.15, -0.1) is 23.2 Å². The predicted molar refractivity (Wildman–Crippen MR) is 77.2 cm³/mol. The molecule has 3 heteroatoms. The van der Waals surface area contributed by atoms with Crippen molar-refractivity contribution in [1.82, 2.24) is 0 Å². The molecule has 0 spiro atoms. The molecule has 0 fully saturated rings. The number of allylic oxidation sites excluding steroid dienone is 8. The molecule has 0 aromatic carbocycles. The lowest BCUT2D eigenvalue weighted by Crippen LogP contribution is -2.45. The summed E-state index contributed by atoms with van der Waals surface area (Å²) >= 11 is 12.9. The molecular formula is C15H16Cl2O. The predicted octanol–water partition coefficient (Wildman–Crippen LogP) is 4.32. The van der Waals surface area contributed by atoms with E-state index in [9.17, 15) is 4.79 Å². The smallest absolute Gasteiger partial charge is 0.182 e. The van der Waals surface area contributed by atoms with E-state index in [2.05, 4.69) is 0 Å². The van der Waals surface area contributed by atoms with Gasteiger partial charge in [-0.05, 0) is 26.7 Å². The molecule has 0 heterocycles. The SMILES string of the molecule is CC1=CCC(Cl)(C(=O)C2(Cl)C=CC(C)=CC2)C=C1. The van der Waals surface area contributed by atoms with Gasteiger partial charge in [0.25, 0.3) is 0 Å². The summed E-state index contributed by atoms with van der Waals surface area (Å²) in [5.74, 6) is -0.140. The minimum Gasteiger partial charge on any atom is -0.295 e. The fraction of sp³-hybridized carbons (Fsp3) is 0.400. The first kappa shape index (κ1) is 13.6. The Balaban J connectivity index is 2.23. The molecular weight excluding hydrogens is 267 g/mol. The Morgan fingerprint density at radius 3 is 1.67 bits per heavy atom. The Kier molecular flexibility index (Phi) is 3.57. The fourth-order valence-electron chi connectivity index (χ4n) is 2.10. The molecule has 2 aliphatic rings. The maximum absolute atomic E-state index is 12.6. The number of hydrogen-bond donors (Lipinski definition) is 0. The Hall–Kier alpha value is -0.790. The molecule has 0 bridgehead atoms. The Bertz CT molecular complexity index is 455. The van der Waals surface area contributed by atoms with Gasteiger partial charge in [-0.2, -0.15) is 0 Å². The average molecular weight is 283 g/mol. The Morgan fingerprint density at radius 2 is 1.39 bits per heavy atom. The number of halogens is 2. The number of rotatable bonds is 2. The van der Waals surface area contributed by atoms with Crippen LogP contribution in [0.25, 0.3) is 0 Å².